The van der Waals surface area contributed by atoms with Crippen molar-refractivity contribution in [3.05, 3.63) is 52.3 Å². The number of rotatable bonds is 2. The first kappa shape index (κ1) is 13.2. The molecule has 0 spiro atoms. The Bertz CT molecular complexity index is 710. The highest BCUT2D eigenvalue weighted by molar-refractivity contribution is 9.10. The predicted octanol–water partition coefficient (Wildman–Crippen LogP) is 3.07. The van der Waals surface area contributed by atoms with Gasteiger partial charge in [-0.3, -0.25) is 0 Å². The molecule has 1 aromatic carbocycles. The molecule has 0 bridgehead atoms. The molecule has 96 valence electrons. The van der Waals surface area contributed by atoms with Crippen LogP contribution in [0.15, 0.2) is 40.0 Å². The van der Waals surface area contributed by atoms with E-state index in [2.05, 4.69) is 15.9 Å². The third-order valence-electron chi connectivity index (χ3n) is 2.31. The lowest BCUT2D eigenvalue weighted by Gasteiger charge is -2.08. The summed E-state index contributed by atoms with van der Waals surface area (Å²) in [6.07, 6.45) is 1.35. The number of halogens is 3. The summed E-state index contributed by atoms with van der Waals surface area (Å²) in [5.41, 5.74) is 0.702. The normalized spacial score (nSPS) is 11.8. The molecule has 7 heteroatoms. The molecule has 0 saturated carbocycles. The zero-order chi connectivity index (χ0) is 13.5. The summed E-state index contributed by atoms with van der Waals surface area (Å²) in [7, 11) is -4.07. The summed E-state index contributed by atoms with van der Waals surface area (Å²) >= 11 is 3.08. The van der Waals surface area contributed by atoms with E-state index in [-0.39, 0.29) is 4.60 Å². The highest BCUT2D eigenvalue weighted by Gasteiger charge is 2.23. The zero-order valence-corrected chi connectivity index (χ0v) is 11.6. The van der Waals surface area contributed by atoms with Crippen molar-refractivity contribution < 1.29 is 17.2 Å². The largest absolute Gasteiger partial charge is 0.271 e. The Morgan fingerprint density at radius 3 is 2.39 bits per heavy atom. The van der Waals surface area contributed by atoms with E-state index in [1.807, 2.05) is 0 Å². The minimum atomic E-state index is -4.07. The summed E-state index contributed by atoms with van der Waals surface area (Å²) in [4.78, 5) is -0.569. The second-order valence-corrected chi connectivity index (χ2v) is 6.31. The molecule has 18 heavy (non-hydrogen) atoms. The van der Waals surface area contributed by atoms with Crippen molar-refractivity contribution >= 4 is 26.0 Å². The van der Waals surface area contributed by atoms with Crippen LogP contribution in [0.3, 0.4) is 0 Å². The lowest BCUT2D eigenvalue weighted by atomic mass is 10.3. The summed E-state index contributed by atoms with van der Waals surface area (Å²) < 4.78 is 51.8. The lowest BCUT2D eigenvalue weighted by Crippen LogP contribution is -2.14. The number of aromatic nitrogens is 1. The van der Waals surface area contributed by atoms with Gasteiger partial charge >= 0.3 is 0 Å². The average Bonchev–Trinajstić information content (AvgIpc) is 2.57. The molecule has 1 heterocycles. The second-order valence-electron chi connectivity index (χ2n) is 3.72. The van der Waals surface area contributed by atoms with Gasteiger partial charge in [-0.25, -0.2) is 21.2 Å². The van der Waals surface area contributed by atoms with Gasteiger partial charge in [0.1, 0.15) is 16.5 Å². The fraction of sp³-hybridized carbons (Fsp3) is 0.0909. The summed E-state index contributed by atoms with van der Waals surface area (Å²) in [5.74, 6) is -1.94. The highest BCUT2D eigenvalue weighted by atomic mass is 79.9. The maximum atomic E-state index is 13.5. The topological polar surface area (TPSA) is 39.1 Å². The van der Waals surface area contributed by atoms with E-state index in [1.165, 1.54) is 6.20 Å². The fourth-order valence-electron chi connectivity index (χ4n) is 1.51. The summed E-state index contributed by atoms with van der Waals surface area (Å²) in [6, 6.07) is 3.93. The number of nitrogens with zero attached hydrogens (tertiary/aromatic N) is 1. The van der Waals surface area contributed by atoms with Crippen LogP contribution in [0, 0.1) is 18.6 Å². The van der Waals surface area contributed by atoms with Crippen LogP contribution in [0.2, 0.25) is 0 Å². The van der Waals surface area contributed by atoms with E-state index in [1.54, 1.807) is 13.0 Å². The molecule has 2 rings (SSSR count). The molecule has 2 aromatic rings. The number of aryl methyl sites for hydroxylation is 1. The molecule has 0 saturated heterocycles. The van der Waals surface area contributed by atoms with Crippen molar-refractivity contribution in [2.24, 2.45) is 0 Å². The van der Waals surface area contributed by atoms with Crippen molar-refractivity contribution in [1.82, 2.24) is 3.97 Å². The van der Waals surface area contributed by atoms with E-state index >= 15 is 0 Å². The third-order valence-corrected chi connectivity index (χ3v) is 4.86. The average molecular weight is 336 g/mol. The molecular formula is C11H8BrF2NO2S. The van der Waals surface area contributed by atoms with Gasteiger partial charge in [-0.2, -0.15) is 0 Å². The van der Waals surface area contributed by atoms with Gasteiger partial charge in [0.2, 0.25) is 0 Å². The molecule has 0 N–H and O–H groups in total. The van der Waals surface area contributed by atoms with Gasteiger partial charge < -0.3 is 0 Å². The van der Waals surface area contributed by atoms with E-state index < -0.39 is 26.6 Å². The monoisotopic (exact) mass is 335 g/mol. The highest BCUT2D eigenvalue weighted by Crippen LogP contribution is 2.24. The minimum absolute atomic E-state index is 0.281. The SMILES string of the molecule is Cc1cc(Br)n(S(=O)(=O)c2ccc(F)cc2F)c1. The van der Waals surface area contributed by atoms with E-state index in [0.717, 1.165) is 16.1 Å². The molecule has 0 unspecified atom stereocenters. The van der Waals surface area contributed by atoms with Crippen molar-refractivity contribution in [3.8, 4) is 0 Å². The standard InChI is InChI=1S/C11H8BrF2NO2S/c1-7-4-11(12)15(6-7)18(16,17)10-3-2-8(13)5-9(10)14/h2-6H,1H3. The third kappa shape index (κ3) is 2.20. The van der Waals surface area contributed by atoms with Crippen LogP contribution in [-0.4, -0.2) is 12.4 Å². The summed E-state index contributed by atoms with van der Waals surface area (Å²) in [6.45, 7) is 1.71. The van der Waals surface area contributed by atoms with Crippen LogP contribution in [0.5, 0.6) is 0 Å². The molecule has 1 aromatic heterocycles. The van der Waals surface area contributed by atoms with Crippen LogP contribution in [0.4, 0.5) is 8.78 Å². The van der Waals surface area contributed by atoms with Crippen LogP contribution < -0.4 is 0 Å². The zero-order valence-electron chi connectivity index (χ0n) is 9.19. The molecule has 0 radical (unpaired) electrons. The van der Waals surface area contributed by atoms with Crippen LogP contribution in [-0.2, 0) is 10.0 Å². The minimum Gasteiger partial charge on any atom is -0.235 e. The maximum Gasteiger partial charge on any atom is 0.271 e. The summed E-state index contributed by atoms with van der Waals surface area (Å²) in [5, 5.41) is 0. The van der Waals surface area contributed by atoms with Gasteiger partial charge in [-0.15, -0.1) is 0 Å². The number of benzene rings is 1. The Labute approximate surface area is 111 Å². The quantitative estimate of drug-likeness (QED) is 0.846. The Balaban J connectivity index is 2.65. The second kappa shape index (κ2) is 4.47. The molecular weight excluding hydrogens is 328 g/mol. The van der Waals surface area contributed by atoms with E-state index in [9.17, 15) is 17.2 Å². The first-order valence-corrected chi connectivity index (χ1v) is 7.11. The molecule has 0 fully saturated rings. The van der Waals surface area contributed by atoms with Crippen LogP contribution in [0.25, 0.3) is 0 Å². The van der Waals surface area contributed by atoms with Crippen molar-refractivity contribution in [2.75, 3.05) is 0 Å². The first-order valence-electron chi connectivity index (χ1n) is 4.87. The van der Waals surface area contributed by atoms with Gasteiger partial charge in [0, 0.05) is 12.3 Å². The Hall–Kier alpha value is -1.21. The van der Waals surface area contributed by atoms with Crippen LogP contribution >= 0.6 is 15.9 Å². The van der Waals surface area contributed by atoms with Gasteiger partial charge in [0.25, 0.3) is 10.0 Å². The van der Waals surface area contributed by atoms with E-state index in [4.69, 9.17) is 0 Å². The smallest absolute Gasteiger partial charge is 0.235 e. The van der Waals surface area contributed by atoms with Crippen molar-refractivity contribution in [2.45, 2.75) is 11.8 Å². The van der Waals surface area contributed by atoms with Gasteiger partial charge in [-0.05, 0) is 46.6 Å². The van der Waals surface area contributed by atoms with Crippen LogP contribution in [0.1, 0.15) is 5.56 Å². The molecule has 0 amide bonds. The van der Waals surface area contributed by atoms with Crippen molar-refractivity contribution in [3.63, 3.8) is 0 Å². The molecule has 3 nitrogen and oxygen atoms in total. The number of hydrogen-bond acceptors (Lipinski definition) is 2. The Morgan fingerprint density at radius 2 is 1.89 bits per heavy atom. The Morgan fingerprint density at radius 1 is 1.22 bits per heavy atom. The van der Waals surface area contributed by atoms with Gasteiger partial charge in [0.15, 0.2) is 0 Å². The first-order chi connectivity index (χ1) is 8.32. The number of hydrogen-bond donors (Lipinski definition) is 0. The molecule has 0 aliphatic carbocycles. The van der Waals surface area contributed by atoms with Crippen molar-refractivity contribution in [1.29, 1.82) is 0 Å². The fourth-order valence-corrected chi connectivity index (χ4v) is 3.89. The molecule has 0 atom stereocenters. The lowest BCUT2D eigenvalue weighted by molar-refractivity contribution is 0.545. The predicted molar refractivity (Wildman–Crippen MR) is 65.8 cm³/mol. The molecule has 0 aliphatic heterocycles. The van der Waals surface area contributed by atoms with Gasteiger partial charge in [-0.1, -0.05) is 0 Å². The van der Waals surface area contributed by atoms with E-state index in [0.29, 0.717) is 11.6 Å². The van der Waals surface area contributed by atoms with Gasteiger partial charge in [0.05, 0.1) is 4.60 Å². The molecule has 0 aliphatic rings. The maximum absolute atomic E-state index is 13.5. The Kier molecular flexibility index (Phi) is 3.29.